The zero-order valence-corrected chi connectivity index (χ0v) is 35.7. The van der Waals surface area contributed by atoms with Crippen molar-refractivity contribution in [3.8, 4) is 0 Å². The molecule has 12 aliphatic rings. The van der Waals surface area contributed by atoms with Crippen LogP contribution < -0.4 is 21.3 Å². The van der Waals surface area contributed by atoms with Gasteiger partial charge in [0, 0.05) is 61.4 Å². The minimum Gasteiger partial charge on any atom is -0.311 e. The van der Waals surface area contributed by atoms with E-state index in [0.29, 0.717) is 24.4 Å². The molecule has 0 spiro atoms. The fourth-order valence-corrected chi connectivity index (χ4v) is 19.2. The minimum absolute atomic E-state index is 0.577. The molecule has 18 atom stereocenters. The van der Waals surface area contributed by atoms with Gasteiger partial charge in [0.05, 0.1) is 12.3 Å². The zero-order chi connectivity index (χ0) is 36.7. The second-order valence-corrected chi connectivity index (χ2v) is 23.1. The third-order valence-electron chi connectivity index (χ3n) is 21.0. The Morgan fingerprint density at radius 2 is 0.625 bits per heavy atom. The maximum atomic E-state index is 4.87. The predicted octanol–water partition coefficient (Wildman–Crippen LogP) is 8.80. The SMILES string of the molecule is C1CCC(N2C(C3CC4NCCNC4CC3C3NC4C5CCCCC5C5CCCCC5C4N3C3CCCCC3)NC3C4CCCCC4C4CCCCC4C32)CC1. The molecule has 9 saturated carbocycles. The zero-order valence-electron chi connectivity index (χ0n) is 35.7. The molecule has 18 unspecified atom stereocenters. The van der Waals surface area contributed by atoms with E-state index in [9.17, 15) is 0 Å². The highest BCUT2D eigenvalue weighted by Crippen LogP contribution is 2.59. The highest BCUT2D eigenvalue weighted by molar-refractivity contribution is 5.18. The third-order valence-corrected chi connectivity index (χ3v) is 21.0. The van der Waals surface area contributed by atoms with Gasteiger partial charge in [-0.1, -0.05) is 89.9 Å². The molecule has 0 bridgehead atoms. The highest BCUT2D eigenvalue weighted by Gasteiger charge is 2.64. The van der Waals surface area contributed by atoms with E-state index in [2.05, 4.69) is 20.4 Å². The molecule has 0 radical (unpaired) electrons. The van der Waals surface area contributed by atoms with E-state index in [0.717, 1.165) is 109 Å². The van der Waals surface area contributed by atoms with Gasteiger partial charge in [-0.3, -0.25) is 20.4 Å². The molecule has 0 aromatic rings. The van der Waals surface area contributed by atoms with E-state index in [-0.39, 0.29) is 0 Å². The highest BCUT2D eigenvalue weighted by atomic mass is 15.4. The fourth-order valence-electron chi connectivity index (χ4n) is 19.2. The largest absolute Gasteiger partial charge is 0.311 e. The number of rotatable bonds is 4. The molecule has 0 amide bonds. The number of fused-ring (bicyclic) bond motifs is 13. The molecule has 4 N–H and O–H groups in total. The Morgan fingerprint density at radius 1 is 0.304 bits per heavy atom. The van der Waals surface area contributed by atoms with Crippen LogP contribution in [0.25, 0.3) is 0 Å². The van der Waals surface area contributed by atoms with E-state index < -0.39 is 0 Å². The van der Waals surface area contributed by atoms with E-state index in [1.807, 2.05) is 0 Å². The first-order valence-electron chi connectivity index (χ1n) is 26.4. The summed E-state index contributed by atoms with van der Waals surface area (Å²) < 4.78 is 0. The molecule has 0 aromatic carbocycles. The van der Waals surface area contributed by atoms with Crippen LogP contribution in [0.5, 0.6) is 0 Å². The quantitative estimate of drug-likeness (QED) is 0.230. The Labute approximate surface area is 342 Å². The molecule has 12 rings (SSSR count). The first kappa shape index (κ1) is 37.5. The van der Waals surface area contributed by atoms with Crippen LogP contribution in [-0.2, 0) is 0 Å². The minimum atomic E-state index is 0.577. The molecular formula is C50H84N6. The first-order chi connectivity index (χ1) is 27.8. The van der Waals surface area contributed by atoms with Crippen molar-refractivity contribution in [1.29, 1.82) is 0 Å². The van der Waals surface area contributed by atoms with Crippen LogP contribution in [0.15, 0.2) is 0 Å². The van der Waals surface area contributed by atoms with Gasteiger partial charge in [-0.25, -0.2) is 0 Å². The Bertz CT molecular complexity index is 1240. The monoisotopic (exact) mass is 769 g/mol. The molecule has 6 nitrogen and oxygen atoms in total. The van der Waals surface area contributed by atoms with Crippen molar-refractivity contribution in [2.75, 3.05) is 13.1 Å². The smallest absolute Gasteiger partial charge is 0.0638 e. The molecule has 3 aliphatic heterocycles. The second-order valence-electron chi connectivity index (χ2n) is 23.1. The summed E-state index contributed by atoms with van der Waals surface area (Å²) in [5, 5.41) is 18.1. The van der Waals surface area contributed by atoms with Crippen LogP contribution in [0.4, 0.5) is 0 Å². The summed E-state index contributed by atoms with van der Waals surface area (Å²) in [6.45, 7) is 2.32. The van der Waals surface area contributed by atoms with Gasteiger partial charge >= 0.3 is 0 Å². The molecule has 3 saturated heterocycles. The number of hydrogen-bond donors (Lipinski definition) is 4. The number of piperazine rings is 1. The van der Waals surface area contributed by atoms with Crippen LogP contribution >= 0.6 is 0 Å². The third kappa shape index (κ3) is 6.25. The maximum absolute atomic E-state index is 4.87. The summed E-state index contributed by atoms with van der Waals surface area (Å²) in [6, 6.07) is 6.04. The molecule has 12 fully saturated rings. The molecule has 56 heavy (non-hydrogen) atoms. The van der Waals surface area contributed by atoms with Gasteiger partial charge in [0.15, 0.2) is 0 Å². The van der Waals surface area contributed by atoms with Crippen molar-refractivity contribution < 1.29 is 0 Å². The van der Waals surface area contributed by atoms with E-state index >= 15 is 0 Å². The van der Waals surface area contributed by atoms with Crippen LogP contribution in [0.1, 0.15) is 180 Å². The summed E-state index contributed by atoms with van der Waals surface area (Å²) >= 11 is 0. The van der Waals surface area contributed by atoms with E-state index in [1.54, 1.807) is 25.7 Å². The van der Waals surface area contributed by atoms with Gasteiger partial charge in [0.2, 0.25) is 0 Å². The lowest BCUT2D eigenvalue weighted by Gasteiger charge is -2.57. The predicted molar refractivity (Wildman–Crippen MR) is 228 cm³/mol. The van der Waals surface area contributed by atoms with Crippen LogP contribution in [-0.4, -0.2) is 83.6 Å². The molecule has 9 aliphatic carbocycles. The number of hydrogen-bond acceptors (Lipinski definition) is 6. The van der Waals surface area contributed by atoms with Crippen molar-refractivity contribution in [2.24, 2.45) is 59.2 Å². The normalized spacial score (nSPS) is 53.1. The van der Waals surface area contributed by atoms with Gasteiger partial charge in [-0.2, -0.15) is 0 Å². The van der Waals surface area contributed by atoms with Gasteiger partial charge in [0.1, 0.15) is 0 Å². The summed E-state index contributed by atoms with van der Waals surface area (Å²) in [5.41, 5.74) is 0. The average molecular weight is 769 g/mol. The Hall–Kier alpha value is -0.240. The molecule has 0 aromatic heterocycles. The summed E-state index contributed by atoms with van der Waals surface area (Å²) in [7, 11) is 0. The topological polar surface area (TPSA) is 54.6 Å². The molecule has 6 heteroatoms. The van der Waals surface area contributed by atoms with Crippen molar-refractivity contribution >= 4 is 0 Å². The Morgan fingerprint density at radius 3 is 1.02 bits per heavy atom. The van der Waals surface area contributed by atoms with Crippen LogP contribution in [0.3, 0.4) is 0 Å². The van der Waals surface area contributed by atoms with Gasteiger partial charge in [0.25, 0.3) is 0 Å². The Kier molecular flexibility index (Phi) is 10.7. The van der Waals surface area contributed by atoms with Crippen LogP contribution in [0.2, 0.25) is 0 Å². The second kappa shape index (κ2) is 15.9. The number of nitrogens with zero attached hydrogens (tertiary/aromatic N) is 2. The van der Waals surface area contributed by atoms with E-state index in [4.69, 9.17) is 10.6 Å². The standard InChI is InChI=1S/C50H84N6/c1-3-15-31(16-4-1)55-47-39-25-13-9-21-35(39)33-19-7-11-23-37(33)45(47)53-49(55)41-29-43-44(52-28-27-51-43)30-42(41)50-54-46-38-24-12-8-20-34(38)36-22-10-14-26-40(36)48(46)56(50)32-17-5-2-6-18-32/h31-54H,1-30H2. The van der Waals surface area contributed by atoms with Gasteiger partial charge in [-0.15, -0.1) is 0 Å². The van der Waals surface area contributed by atoms with Crippen molar-refractivity contribution in [1.82, 2.24) is 31.1 Å². The van der Waals surface area contributed by atoms with Crippen molar-refractivity contribution in [2.45, 2.75) is 240 Å². The van der Waals surface area contributed by atoms with Crippen molar-refractivity contribution in [3.05, 3.63) is 0 Å². The van der Waals surface area contributed by atoms with Crippen LogP contribution in [0, 0.1) is 59.2 Å². The van der Waals surface area contributed by atoms with Gasteiger partial charge in [-0.05, 0) is 149 Å². The van der Waals surface area contributed by atoms with Crippen molar-refractivity contribution in [3.63, 3.8) is 0 Å². The van der Waals surface area contributed by atoms with E-state index in [1.165, 1.54) is 154 Å². The molecule has 3 heterocycles. The Balaban J connectivity index is 0.953. The molecule has 314 valence electrons. The lowest BCUT2D eigenvalue weighted by atomic mass is 9.54. The van der Waals surface area contributed by atoms with Gasteiger partial charge < -0.3 is 10.6 Å². The first-order valence-corrected chi connectivity index (χ1v) is 26.4. The average Bonchev–Trinajstić information content (AvgIpc) is 3.88. The molecular weight excluding hydrogens is 685 g/mol. The maximum Gasteiger partial charge on any atom is 0.0638 e. The lowest BCUT2D eigenvalue weighted by Crippen LogP contribution is -2.66. The summed E-state index contributed by atoms with van der Waals surface area (Å²) in [4.78, 5) is 6.82. The lowest BCUT2D eigenvalue weighted by molar-refractivity contribution is -0.0751. The summed E-state index contributed by atoms with van der Waals surface area (Å²) in [5.74, 6) is 9.30. The fraction of sp³-hybridized carbons (Fsp3) is 1.00. The number of nitrogens with one attached hydrogen (secondary N) is 4. The summed E-state index contributed by atoms with van der Waals surface area (Å²) in [6.07, 6.45) is 43.1.